The van der Waals surface area contributed by atoms with E-state index < -0.39 is 0 Å². The van der Waals surface area contributed by atoms with Crippen molar-refractivity contribution in [2.45, 2.75) is 24.5 Å². The standard InChI is InChI=1S/C17H16ClN3O3S/c1-11(17(22)19-9-14-3-2-8-23-14)25-10-15-20-16(21-24-15)12-4-6-13(18)7-5-12/h2-8,11H,9-10H2,1H3,(H,19,22)/t11-/m1/s1. The molecule has 6 nitrogen and oxygen atoms in total. The highest BCUT2D eigenvalue weighted by Gasteiger charge is 2.16. The molecule has 1 N–H and O–H groups in total. The van der Waals surface area contributed by atoms with E-state index in [0.717, 1.165) is 11.3 Å². The zero-order chi connectivity index (χ0) is 17.6. The normalized spacial score (nSPS) is 12.1. The maximum atomic E-state index is 12.1. The van der Waals surface area contributed by atoms with E-state index in [0.29, 0.717) is 29.0 Å². The van der Waals surface area contributed by atoms with Crippen LogP contribution in [0.5, 0.6) is 0 Å². The predicted octanol–water partition coefficient (Wildman–Crippen LogP) is 3.92. The number of benzene rings is 1. The van der Waals surface area contributed by atoms with Crippen LogP contribution in [0.4, 0.5) is 0 Å². The highest BCUT2D eigenvalue weighted by molar-refractivity contribution is 7.99. The predicted molar refractivity (Wildman–Crippen MR) is 96.1 cm³/mol. The van der Waals surface area contributed by atoms with Gasteiger partial charge in [-0.1, -0.05) is 16.8 Å². The van der Waals surface area contributed by atoms with Gasteiger partial charge in [-0.05, 0) is 43.3 Å². The first-order valence-corrected chi connectivity index (χ1v) is 9.04. The highest BCUT2D eigenvalue weighted by atomic mass is 35.5. The third-order valence-corrected chi connectivity index (χ3v) is 4.79. The zero-order valence-corrected chi connectivity index (χ0v) is 15.0. The first-order valence-electron chi connectivity index (χ1n) is 7.62. The lowest BCUT2D eigenvalue weighted by Crippen LogP contribution is -2.30. The van der Waals surface area contributed by atoms with Gasteiger partial charge in [0.05, 0.1) is 23.8 Å². The maximum absolute atomic E-state index is 12.1. The van der Waals surface area contributed by atoms with Gasteiger partial charge in [0.25, 0.3) is 0 Å². The minimum atomic E-state index is -0.249. The maximum Gasteiger partial charge on any atom is 0.236 e. The smallest absolute Gasteiger partial charge is 0.236 e. The number of thioether (sulfide) groups is 1. The Morgan fingerprint density at radius 1 is 1.32 bits per heavy atom. The average Bonchev–Trinajstić information content (AvgIpc) is 3.30. The molecular formula is C17H16ClN3O3S. The summed E-state index contributed by atoms with van der Waals surface area (Å²) in [6, 6.07) is 10.8. The van der Waals surface area contributed by atoms with E-state index in [1.165, 1.54) is 11.8 Å². The molecule has 0 saturated carbocycles. The molecule has 0 aliphatic heterocycles. The van der Waals surface area contributed by atoms with Gasteiger partial charge in [0, 0.05) is 10.6 Å². The van der Waals surface area contributed by atoms with E-state index in [2.05, 4.69) is 15.5 Å². The number of carbonyl (C=O) groups excluding carboxylic acids is 1. The Kier molecular flexibility index (Phi) is 5.78. The summed E-state index contributed by atoms with van der Waals surface area (Å²) in [7, 11) is 0. The van der Waals surface area contributed by atoms with Crippen molar-refractivity contribution in [3.05, 3.63) is 59.3 Å². The highest BCUT2D eigenvalue weighted by Crippen LogP contribution is 2.21. The molecule has 130 valence electrons. The molecule has 0 radical (unpaired) electrons. The van der Waals surface area contributed by atoms with Crippen molar-refractivity contribution in [2.75, 3.05) is 0 Å². The molecule has 0 fully saturated rings. The van der Waals surface area contributed by atoms with E-state index in [-0.39, 0.29) is 11.2 Å². The Bertz CT molecular complexity index is 818. The van der Waals surface area contributed by atoms with Crippen LogP contribution in [0, 0.1) is 0 Å². The second-order valence-electron chi connectivity index (χ2n) is 5.27. The van der Waals surface area contributed by atoms with Crippen LogP contribution < -0.4 is 5.32 Å². The van der Waals surface area contributed by atoms with Gasteiger partial charge in [-0.25, -0.2) is 0 Å². The van der Waals surface area contributed by atoms with Crippen LogP contribution in [-0.2, 0) is 17.1 Å². The molecule has 0 saturated heterocycles. The van der Waals surface area contributed by atoms with Crippen molar-refractivity contribution in [3.63, 3.8) is 0 Å². The molecule has 0 aliphatic rings. The Balaban J connectivity index is 1.49. The number of hydrogen-bond acceptors (Lipinski definition) is 6. The lowest BCUT2D eigenvalue weighted by molar-refractivity contribution is -0.120. The lowest BCUT2D eigenvalue weighted by atomic mass is 10.2. The van der Waals surface area contributed by atoms with Crippen LogP contribution in [0.2, 0.25) is 5.02 Å². The number of hydrogen-bond donors (Lipinski definition) is 1. The summed E-state index contributed by atoms with van der Waals surface area (Å²) >= 11 is 7.29. The summed E-state index contributed by atoms with van der Waals surface area (Å²) in [5.41, 5.74) is 0.827. The fourth-order valence-electron chi connectivity index (χ4n) is 2.03. The van der Waals surface area contributed by atoms with Gasteiger partial charge in [0.15, 0.2) is 0 Å². The molecular weight excluding hydrogens is 362 g/mol. The molecule has 1 aromatic carbocycles. The molecule has 0 unspecified atom stereocenters. The van der Waals surface area contributed by atoms with E-state index >= 15 is 0 Å². The van der Waals surface area contributed by atoms with Crippen molar-refractivity contribution in [1.29, 1.82) is 0 Å². The van der Waals surface area contributed by atoms with Crippen LogP contribution in [0.15, 0.2) is 51.6 Å². The Hall–Kier alpha value is -2.25. The second-order valence-corrected chi connectivity index (χ2v) is 7.03. The number of rotatable bonds is 7. The molecule has 0 bridgehead atoms. The first kappa shape index (κ1) is 17.6. The van der Waals surface area contributed by atoms with E-state index in [4.69, 9.17) is 20.5 Å². The summed E-state index contributed by atoms with van der Waals surface area (Å²) in [6.45, 7) is 2.20. The molecule has 2 aromatic heterocycles. The first-order chi connectivity index (χ1) is 12.1. The van der Waals surface area contributed by atoms with Gasteiger partial charge in [0.1, 0.15) is 5.76 Å². The topological polar surface area (TPSA) is 81.2 Å². The fraction of sp³-hybridized carbons (Fsp3) is 0.235. The molecule has 3 rings (SSSR count). The largest absolute Gasteiger partial charge is 0.467 e. The molecule has 0 aliphatic carbocycles. The molecule has 0 spiro atoms. The van der Waals surface area contributed by atoms with E-state index in [1.54, 1.807) is 24.5 Å². The number of nitrogens with one attached hydrogen (secondary N) is 1. The van der Waals surface area contributed by atoms with Crippen LogP contribution in [0.3, 0.4) is 0 Å². The minimum Gasteiger partial charge on any atom is -0.467 e. The minimum absolute atomic E-state index is 0.0705. The van der Waals surface area contributed by atoms with E-state index in [9.17, 15) is 4.79 Å². The Morgan fingerprint density at radius 3 is 2.84 bits per heavy atom. The van der Waals surface area contributed by atoms with Gasteiger partial charge in [0.2, 0.25) is 17.6 Å². The Labute approximate surface area is 153 Å². The van der Waals surface area contributed by atoms with Crippen LogP contribution >= 0.6 is 23.4 Å². The van der Waals surface area contributed by atoms with Crippen molar-refractivity contribution in [2.24, 2.45) is 0 Å². The van der Waals surface area contributed by atoms with Crippen LogP contribution in [0.25, 0.3) is 11.4 Å². The third-order valence-electron chi connectivity index (χ3n) is 3.41. The quantitative estimate of drug-likeness (QED) is 0.672. The number of furan rings is 1. The van der Waals surface area contributed by atoms with Crippen molar-refractivity contribution >= 4 is 29.3 Å². The summed E-state index contributed by atoms with van der Waals surface area (Å²) < 4.78 is 10.4. The van der Waals surface area contributed by atoms with Gasteiger partial charge in [-0.15, -0.1) is 11.8 Å². The second kappa shape index (κ2) is 8.22. The van der Waals surface area contributed by atoms with Gasteiger partial charge >= 0.3 is 0 Å². The fourth-order valence-corrected chi connectivity index (χ4v) is 2.90. The molecule has 25 heavy (non-hydrogen) atoms. The number of nitrogens with zero attached hydrogens (tertiary/aromatic N) is 2. The van der Waals surface area contributed by atoms with Gasteiger partial charge in [-0.3, -0.25) is 4.79 Å². The monoisotopic (exact) mass is 377 g/mol. The summed E-state index contributed by atoms with van der Waals surface area (Å²) in [5, 5.41) is 7.18. The Morgan fingerprint density at radius 2 is 2.12 bits per heavy atom. The average molecular weight is 378 g/mol. The van der Waals surface area contributed by atoms with Crippen LogP contribution in [-0.4, -0.2) is 21.3 Å². The van der Waals surface area contributed by atoms with E-state index in [1.807, 2.05) is 25.1 Å². The lowest BCUT2D eigenvalue weighted by Gasteiger charge is -2.09. The number of carbonyl (C=O) groups is 1. The molecule has 1 atom stereocenters. The van der Waals surface area contributed by atoms with Crippen LogP contribution in [0.1, 0.15) is 18.6 Å². The van der Waals surface area contributed by atoms with Crippen molar-refractivity contribution in [3.8, 4) is 11.4 Å². The molecule has 3 aromatic rings. The molecule has 1 amide bonds. The number of amides is 1. The summed E-state index contributed by atoms with van der Waals surface area (Å²) in [5.74, 6) is 2.08. The van der Waals surface area contributed by atoms with Crippen molar-refractivity contribution in [1.82, 2.24) is 15.5 Å². The number of aromatic nitrogens is 2. The SMILES string of the molecule is C[C@@H](SCc1nc(-c2ccc(Cl)cc2)no1)C(=O)NCc1ccco1. The zero-order valence-electron chi connectivity index (χ0n) is 13.4. The molecule has 2 heterocycles. The van der Waals surface area contributed by atoms with Gasteiger partial charge in [-0.2, -0.15) is 4.98 Å². The summed E-state index contributed by atoms with van der Waals surface area (Å²) in [6.07, 6.45) is 1.58. The van der Waals surface area contributed by atoms with Gasteiger partial charge < -0.3 is 14.3 Å². The van der Waals surface area contributed by atoms with Crippen molar-refractivity contribution < 1.29 is 13.7 Å². The third kappa shape index (κ3) is 4.87. The number of halogens is 1. The molecule has 8 heteroatoms. The summed E-state index contributed by atoms with van der Waals surface area (Å²) in [4.78, 5) is 16.4.